The third-order valence-electron chi connectivity index (χ3n) is 2.62. The van der Waals surface area contributed by atoms with Crippen LogP contribution < -0.4 is 4.74 Å². The summed E-state index contributed by atoms with van der Waals surface area (Å²) in [6.07, 6.45) is 0.603. The maximum atomic E-state index is 12.1. The molecule has 0 unspecified atom stereocenters. The molecule has 0 aliphatic carbocycles. The lowest BCUT2D eigenvalue weighted by atomic mass is 10.0. The van der Waals surface area contributed by atoms with E-state index in [1.165, 1.54) is 0 Å². The summed E-state index contributed by atoms with van der Waals surface area (Å²) >= 11 is 10.8. The average Bonchev–Trinajstić information content (AvgIpc) is 2.28. The third kappa shape index (κ3) is 3.37. The smallest absolute Gasteiger partial charge is 0.147 e. The average molecular weight is 320 g/mol. The first-order chi connectivity index (χ1) is 8.79. The van der Waals surface area contributed by atoms with Crippen molar-refractivity contribution in [3.8, 4) is 5.75 Å². The van der Waals surface area contributed by atoms with Gasteiger partial charge in [-0.15, -0.1) is 0 Å². The molecule has 0 fully saturated rings. The van der Waals surface area contributed by atoms with Gasteiger partial charge in [0.05, 0.1) is 11.6 Å². The quantitative estimate of drug-likeness (QED) is 0.733. The van der Waals surface area contributed by atoms with Crippen LogP contribution in [0.4, 0.5) is 0 Å². The number of hydrogen-bond donors (Lipinski definition) is 0. The van der Waals surface area contributed by atoms with Gasteiger partial charge in [-0.05, 0) is 32.9 Å². The Morgan fingerprint density at radius 1 is 1.32 bits per heavy atom. The third-order valence-corrected chi connectivity index (χ3v) is 4.55. The lowest BCUT2D eigenvalue weighted by Gasteiger charge is -2.23. The minimum Gasteiger partial charge on any atom is -0.591 e. The zero-order valence-electron chi connectivity index (χ0n) is 11.0. The molecule has 1 heterocycles. The highest BCUT2D eigenvalue weighted by Crippen LogP contribution is 2.36. The van der Waals surface area contributed by atoms with Gasteiger partial charge in [-0.3, -0.25) is 0 Å². The molecular formula is C13H15Cl2NO2S. The maximum absolute atomic E-state index is 12.1. The SMILES string of the molecule is CC(C)(C)[S@@+]([O-])/N=C1/CCOc2c(Cl)cc(Cl)cc21. The van der Waals surface area contributed by atoms with Crippen LogP contribution in [-0.4, -0.2) is 21.6 Å². The number of benzene rings is 1. The van der Waals surface area contributed by atoms with Crippen molar-refractivity contribution in [1.29, 1.82) is 0 Å². The Morgan fingerprint density at radius 2 is 2.00 bits per heavy atom. The van der Waals surface area contributed by atoms with Crippen LogP contribution in [0.1, 0.15) is 32.8 Å². The zero-order chi connectivity index (χ0) is 14.2. The Kier molecular flexibility index (Phi) is 4.35. The van der Waals surface area contributed by atoms with Gasteiger partial charge >= 0.3 is 0 Å². The number of rotatable bonds is 1. The summed E-state index contributed by atoms with van der Waals surface area (Å²) in [5, 5.41) is 0.972. The Labute approximate surface area is 126 Å². The molecule has 104 valence electrons. The minimum atomic E-state index is -1.31. The van der Waals surface area contributed by atoms with E-state index in [1.807, 2.05) is 20.8 Å². The Morgan fingerprint density at radius 3 is 2.63 bits per heavy atom. The molecule has 0 aromatic heterocycles. The van der Waals surface area contributed by atoms with Crippen molar-refractivity contribution in [2.75, 3.05) is 6.61 Å². The van der Waals surface area contributed by atoms with Crippen LogP contribution >= 0.6 is 23.2 Å². The maximum Gasteiger partial charge on any atom is 0.147 e. The van der Waals surface area contributed by atoms with E-state index in [-0.39, 0.29) is 0 Å². The lowest BCUT2D eigenvalue weighted by Crippen LogP contribution is -2.28. The van der Waals surface area contributed by atoms with Crippen LogP contribution in [0.15, 0.2) is 16.5 Å². The first kappa shape index (κ1) is 15.0. The highest BCUT2D eigenvalue weighted by molar-refractivity contribution is 7.91. The monoisotopic (exact) mass is 319 g/mol. The van der Waals surface area contributed by atoms with Gasteiger partial charge < -0.3 is 9.29 Å². The number of nitrogens with zero attached hydrogens (tertiary/aromatic N) is 1. The van der Waals surface area contributed by atoms with Crippen molar-refractivity contribution in [1.82, 2.24) is 0 Å². The van der Waals surface area contributed by atoms with Gasteiger partial charge in [0.2, 0.25) is 0 Å². The van der Waals surface area contributed by atoms with Gasteiger partial charge in [-0.1, -0.05) is 27.6 Å². The van der Waals surface area contributed by atoms with Crippen molar-refractivity contribution >= 4 is 40.3 Å². The first-order valence-electron chi connectivity index (χ1n) is 5.91. The highest BCUT2D eigenvalue weighted by Gasteiger charge is 2.29. The number of hydrogen-bond acceptors (Lipinski definition) is 3. The second kappa shape index (κ2) is 5.52. The molecule has 1 atom stereocenters. The second-order valence-electron chi connectivity index (χ2n) is 5.26. The van der Waals surface area contributed by atoms with Crippen LogP contribution in [-0.2, 0) is 11.4 Å². The zero-order valence-corrected chi connectivity index (χ0v) is 13.3. The molecule has 0 amide bonds. The molecule has 2 rings (SSSR count). The number of fused-ring (bicyclic) bond motifs is 1. The van der Waals surface area contributed by atoms with Crippen molar-refractivity contribution in [3.05, 3.63) is 27.7 Å². The highest BCUT2D eigenvalue weighted by atomic mass is 35.5. The van der Waals surface area contributed by atoms with Crippen LogP contribution in [0.25, 0.3) is 0 Å². The predicted molar refractivity (Wildman–Crippen MR) is 81.0 cm³/mol. The summed E-state index contributed by atoms with van der Waals surface area (Å²) in [5.41, 5.74) is 1.47. The summed E-state index contributed by atoms with van der Waals surface area (Å²) in [7, 11) is 0. The normalized spacial score (nSPS) is 18.9. The fourth-order valence-electron chi connectivity index (χ4n) is 1.64. The van der Waals surface area contributed by atoms with Gasteiger partial charge in [0.15, 0.2) is 0 Å². The molecule has 1 aromatic carbocycles. The van der Waals surface area contributed by atoms with E-state index in [4.69, 9.17) is 27.9 Å². The summed E-state index contributed by atoms with van der Waals surface area (Å²) in [4.78, 5) is 0. The molecule has 19 heavy (non-hydrogen) atoms. The number of ether oxygens (including phenoxy) is 1. The van der Waals surface area contributed by atoms with Crippen LogP contribution in [0.2, 0.25) is 10.0 Å². The molecule has 0 saturated heterocycles. The predicted octanol–water partition coefficient (Wildman–Crippen LogP) is 4.03. The van der Waals surface area contributed by atoms with Gasteiger partial charge in [0.25, 0.3) is 0 Å². The van der Waals surface area contributed by atoms with Crippen LogP contribution in [0, 0.1) is 0 Å². The van der Waals surface area contributed by atoms with Gasteiger partial charge in [-0.25, -0.2) is 0 Å². The van der Waals surface area contributed by atoms with Crippen molar-refractivity contribution in [2.24, 2.45) is 4.40 Å². The Hall–Kier alpha value is -0.420. The molecule has 0 bridgehead atoms. The summed E-state index contributed by atoms with van der Waals surface area (Å²) in [6, 6.07) is 3.38. The van der Waals surface area contributed by atoms with Gasteiger partial charge in [0.1, 0.15) is 27.6 Å². The standard InChI is InChI=1S/C13H15Cl2NO2S/c1-13(2,3)19(17)16-11-4-5-18-12-9(11)6-8(14)7-10(12)15/h6-7H,4-5H2,1-3H3/b16-11-/t19-/m1/s1. The largest absolute Gasteiger partial charge is 0.591 e. The molecular weight excluding hydrogens is 305 g/mol. The minimum absolute atomic E-state index is 0.395. The number of halogens is 2. The Balaban J connectivity index is 2.45. The summed E-state index contributed by atoms with van der Waals surface area (Å²) in [6.45, 7) is 6.14. The van der Waals surface area contributed by atoms with Crippen molar-refractivity contribution in [2.45, 2.75) is 31.9 Å². The fourth-order valence-corrected chi connectivity index (χ4v) is 2.85. The molecule has 0 radical (unpaired) electrons. The van der Waals surface area contributed by atoms with E-state index >= 15 is 0 Å². The lowest BCUT2D eigenvalue weighted by molar-refractivity contribution is 0.321. The fraction of sp³-hybridized carbons (Fsp3) is 0.462. The van der Waals surface area contributed by atoms with E-state index in [2.05, 4.69) is 4.40 Å². The van der Waals surface area contributed by atoms with Gasteiger partial charge in [-0.2, -0.15) is 0 Å². The van der Waals surface area contributed by atoms with Crippen molar-refractivity contribution < 1.29 is 9.29 Å². The van der Waals surface area contributed by atoms with E-state index in [9.17, 15) is 4.55 Å². The topological polar surface area (TPSA) is 44.7 Å². The van der Waals surface area contributed by atoms with Crippen LogP contribution in [0.5, 0.6) is 5.75 Å². The molecule has 3 nitrogen and oxygen atoms in total. The molecule has 0 N–H and O–H groups in total. The molecule has 0 spiro atoms. The van der Waals surface area contributed by atoms with E-state index in [0.717, 1.165) is 11.3 Å². The summed E-state index contributed by atoms with van der Waals surface area (Å²) in [5.74, 6) is 0.571. The van der Waals surface area contributed by atoms with E-state index in [1.54, 1.807) is 12.1 Å². The summed E-state index contributed by atoms with van der Waals surface area (Å²) < 4.78 is 21.6. The van der Waals surface area contributed by atoms with E-state index in [0.29, 0.717) is 28.8 Å². The van der Waals surface area contributed by atoms with E-state index < -0.39 is 16.1 Å². The molecule has 6 heteroatoms. The van der Waals surface area contributed by atoms with Gasteiger partial charge in [0, 0.05) is 17.0 Å². The molecule has 0 saturated carbocycles. The van der Waals surface area contributed by atoms with Crippen molar-refractivity contribution in [3.63, 3.8) is 0 Å². The molecule has 1 aliphatic heterocycles. The molecule has 1 aliphatic rings. The first-order valence-corrected chi connectivity index (χ1v) is 7.77. The second-order valence-corrected chi connectivity index (χ2v) is 8.01. The van der Waals surface area contributed by atoms with Crippen LogP contribution in [0.3, 0.4) is 0 Å². The Bertz CT molecular complexity index is 526. The molecule has 1 aromatic rings.